The molecule has 0 bridgehead atoms. The number of benzene rings is 2. The van der Waals surface area contributed by atoms with Crippen molar-refractivity contribution < 1.29 is 9.18 Å². The van der Waals surface area contributed by atoms with E-state index in [1.807, 2.05) is 6.07 Å². The Morgan fingerprint density at radius 2 is 2.04 bits per heavy atom. The first-order valence-electron chi connectivity index (χ1n) is 6.88. The molecule has 0 aliphatic rings. The molecule has 0 unspecified atom stereocenters. The minimum Gasteiger partial charge on any atom is -0.296 e. The number of nitrogens with one attached hydrogen (secondary N) is 1. The Hall–Kier alpha value is -1.77. The second-order valence-electron chi connectivity index (χ2n) is 4.72. The monoisotopic (exact) mass is 423 g/mol. The molecule has 4 nitrogen and oxygen atoms in total. The molecular weight excluding hydrogens is 413 g/mol. The number of amides is 1. The average molecular weight is 424 g/mol. The molecule has 2 aromatic carbocycles. The lowest BCUT2D eigenvalue weighted by atomic mass is 10.2. The smallest absolute Gasteiger partial charge is 0.257 e. The van der Waals surface area contributed by atoms with E-state index in [9.17, 15) is 9.18 Å². The van der Waals surface area contributed by atoms with E-state index in [-0.39, 0.29) is 11.7 Å². The maximum atomic E-state index is 13.6. The Morgan fingerprint density at radius 1 is 1.21 bits per heavy atom. The Bertz CT molecular complexity index is 872. The van der Waals surface area contributed by atoms with Gasteiger partial charge in [-0.05, 0) is 29.8 Å². The number of thioether (sulfide) groups is 1. The second-order valence-corrected chi connectivity index (χ2v) is 7.83. The molecule has 24 heavy (non-hydrogen) atoms. The summed E-state index contributed by atoms with van der Waals surface area (Å²) in [5, 5.41) is 11.1. The standard InChI is InChI=1S/C16H11BrFN3OS2/c17-12-6-3-5-10(8-12)14(22)19-15-20-21-16(24-15)23-9-11-4-1-2-7-13(11)18/h1-8H,9H2,(H,19,20,22). The van der Waals surface area contributed by atoms with Gasteiger partial charge in [-0.1, -0.05) is 63.3 Å². The summed E-state index contributed by atoms with van der Waals surface area (Å²) in [7, 11) is 0. The highest BCUT2D eigenvalue weighted by Gasteiger charge is 2.11. The van der Waals surface area contributed by atoms with Crippen LogP contribution in [0.5, 0.6) is 0 Å². The van der Waals surface area contributed by atoms with Crippen molar-refractivity contribution in [3.63, 3.8) is 0 Å². The maximum Gasteiger partial charge on any atom is 0.257 e. The van der Waals surface area contributed by atoms with Crippen LogP contribution in [0.15, 0.2) is 57.3 Å². The predicted molar refractivity (Wildman–Crippen MR) is 98.0 cm³/mol. The number of hydrogen-bond acceptors (Lipinski definition) is 5. The Kier molecular flexibility index (Phi) is 5.60. The van der Waals surface area contributed by atoms with Gasteiger partial charge in [0.2, 0.25) is 5.13 Å². The van der Waals surface area contributed by atoms with E-state index >= 15 is 0 Å². The molecule has 0 aliphatic heterocycles. The molecule has 1 heterocycles. The summed E-state index contributed by atoms with van der Waals surface area (Å²) in [6.45, 7) is 0. The van der Waals surface area contributed by atoms with Gasteiger partial charge in [0.1, 0.15) is 5.82 Å². The van der Waals surface area contributed by atoms with Crippen LogP contribution in [0.1, 0.15) is 15.9 Å². The molecule has 0 atom stereocenters. The number of anilines is 1. The number of halogens is 2. The van der Waals surface area contributed by atoms with E-state index in [1.165, 1.54) is 29.2 Å². The number of hydrogen-bond donors (Lipinski definition) is 1. The second kappa shape index (κ2) is 7.87. The van der Waals surface area contributed by atoms with Crippen molar-refractivity contribution in [2.24, 2.45) is 0 Å². The first-order valence-corrected chi connectivity index (χ1v) is 9.48. The summed E-state index contributed by atoms with van der Waals surface area (Å²) in [4.78, 5) is 12.2. The highest BCUT2D eigenvalue weighted by Crippen LogP contribution is 2.29. The number of carbonyl (C=O) groups excluding carboxylic acids is 1. The van der Waals surface area contributed by atoms with E-state index in [2.05, 4.69) is 31.4 Å². The fraction of sp³-hybridized carbons (Fsp3) is 0.0625. The molecule has 1 amide bonds. The zero-order valence-electron chi connectivity index (χ0n) is 12.2. The van der Waals surface area contributed by atoms with Crippen LogP contribution in [0.25, 0.3) is 0 Å². The molecule has 0 saturated carbocycles. The highest BCUT2D eigenvalue weighted by molar-refractivity contribution is 9.10. The fourth-order valence-electron chi connectivity index (χ4n) is 1.87. The van der Waals surface area contributed by atoms with Gasteiger partial charge < -0.3 is 0 Å². The number of rotatable bonds is 5. The van der Waals surface area contributed by atoms with Crippen LogP contribution in [0, 0.1) is 5.82 Å². The summed E-state index contributed by atoms with van der Waals surface area (Å²) < 4.78 is 15.1. The van der Waals surface area contributed by atoms with Crippen molar-refractivity contribution in [1.29, 1.82) is 0 Å². The Labute approximate surface area is 154 Å². The van der Waals surface area contributed by atoms with E-state index < -0.39 is 0 Å². The molecule has 0 radical (unpaired) electrons. The van der Waals surface area contributed by atoms with Crippen molar-refractivity contribution in [3.8, 4) is 0 Å². The molecule has 3 aromatic rings. The molecule has 0 aliphatic carbocycles. The van der Waals surface area contributed by atoms with E-state index in [1.54, 1.807) is 36.4 Å². The summed E-state index contributed by atoms with van der Waals surface area (Å²) in [5.74, 6) is -0.0308. The molecule has 122 valence electrons. The predicted octanol–water partition coefficient (Wildman–Crippen LogP) is 4.98. The minimum absolute atomic E-state index is 0.238. The van der Waals surface area contributed by atoms with Crippen LogP contribution >= 0.6 is 39.0 Å². The normalized spacial score (nSPS) is 10.6. The third kappa shape index (κ3) is 4.40. The van der Waals surface area contributed by atoms with Gasteiger partial charge in [-0.2, -0.15) is 0 Å². The molecule has 0 saturated heterocycles. The zero-order chi connectivity index (χ0) is 16.9. The van der Waals surface area contributed by atoms with Gasteiger partial charge in [0.15, 0.2) is 4.34 Å². The van der Waals surface area contributed by atoms with Crippen molar-refractivity contribution in [3.05, 3.63) is 69.9 Å². The number of aromatic nitrogens is 2. The topological polar surface area (TPSA) is 54.9 Å². The van der Waals surface area contributed by atoms with Gasteiger partial charge in [-0.3, -0.25) is 10.1 Å². The molecule has 8 heteroatoms. The molecule has 1 aromatic heterocycles. The first kappa shape index (κ1) is 17.1. The van der Waals surface area contributed by atoms with Crippen molar-refractivity contribution in [2.45, 2.75) is 10.1 Å². The van der Waals surface area contributed by atoms with Crippen LogP contribution in [0.4, 0.5) is 9.52 Å². The van der Waals surface area contributed by atoms with E-state index in [4.69, 9.17) is 0 Å². The van der Waals surface area contributed by atoms with Gasteiger partial charge in [-0.15, -0.1) is 10.2 Å². The summed E-state index contributed by atoms with van der Waals surface area (Å²) in [5.41, 5.74) is 1.14. The summed E-state index contributed by atoms with van der Waals surface area (Å²) in [6, 6.07) is 13.7. The van der Waals surface area contributed by atoms with Gasteiger partial charge in [0.05, 0.1) is 0 Å². The van der Waals surface area contributed by atoms with Crippen LogP contribution in [-0.4, -0.2) is 16.1 Å². The highest BCUT2D eigenvalue weighted by atomic mass is 79.9. The van der Waals surface area contributed by atoms with Crippen molar-refractivity contribution in [2.75, 3.05) is 5.32 Å². The number of carbonyl (C=O) groups is 1. The Balaban J connectivity index is 1.61. The maximum absolute atomic E-state index is 13.6. The third-order valence-electron chi connectivity index (χ3n) is 3.02. The lowest BCUT2D eigenvalue weighted by Gasteiger charge is -2.01. The van der Waals surface area contributed by atoms with Crippen LogP contribution < -0.4 is 5.32 Å². The third-order valence-corrected chi connectivity index (χ3v) is 5.54. The Morgan fingerprint density at radius 3 is 2.83 bits per heavy atom. The quantitative estimate of drug-likeness (QED) is 0.464. The first-order chi connectivity index (χ1) is 11.6. The zero-order valence-corrected chi connectivity index (χ0v) is 15.4. The van der Waals surface area contributed by atoms with Crippen LogP contribution in [0.3, 0.4) is 0 Å². The molecular formula is C16H11BrFN3OS2. The number of nitrogens with zero attached hydrogens (tertiary/aromatic N) is 2. The van der Waals surface area contributed by atoms with Crippen molar-refractivity contribution in [1.82, 2.24) is 10.2 Å². The SMILES string of the molecule is O=C(Nc1nnc(SCc2ccccc2F)s1)c1cccc(Br)c1. The van der Waals surface area contributed by atoms with Crippen LogP contribution in [0.2, 0.25) is 0 Å². The van der Waals surface area contributed by atoms with Gasteiger partial charge in [-0.25, -0.2) is 4.39 Å². The molecule has 1 N–H and O–H groups in total. The fourth-order valence-corrected chi connectivity index (χ4v) is 4.01. The van der Waals surface area contributed by atoms with Gasteiger partial charge in [0, 0.05) is 15.8 Å². The van der Waals surface area contributed by atoms with Gasteiger partial charge >= 0.3 is 0 Å². The van der Waals surface area contributed by atoms with Crippen LogP contribution in [-0.2, 0) is 5.75 Å². The largest absolute Gasteiger partial charge is 0.296 e. The lowest BCUT2D eigenvalue weighted by Crippen LogP contribution is -2.11. The minimum atomic E-state index is -0.252. The molecule has 0 fully saturated rings. The molecule has 3 rings (SSSR count). The van der Waals surface area contributed by atoms with Gasteiger partial charge in [0.25, 0.3) is 5.91 Å². The lowest BCUT2D eigenvalue weighted by molar-refractivity contribution is 0.102. The van der Waals surface area contributed by atoms with E-state index in [0.29, 0.717) is 26.4 Å². The summed E-state index contributed by atoms with van der Waals surface area (Å²) in [6.07, 6.45) is 0. The summed E-state index contributed by atoms with van der Waals surface area (Å²) >= 11 is 5.97. The molecule has 0 spiro atoms. The average Bonchev–Trinajstić information content (AvgIpc) is 3.01. The van der Waals surface area contributed by atoms with E-state index in [0.717, 1.165) is 4.47 Å². The van der Waals surface area contributed by atoms with Crippen molar-refractivity contribution >= 4 is 50.1 Å².